The van der Waals surface area contributed by atoms with E-state index in [9.17, 15) is 9.59 Å². The minimum atomic E-state index is -0.285. The summed E-state index contributed by atoms with van der Waals surface area (Å²) in [7, 11) is 1.60. The maximum atomic E-state index is 12.4. The number of rotatable bonds is 8. The number of nitrogens with one attached hydrogen (secondary N) is 2. The fourth-order valence-corrected chi connectivity index (χ4v) is 3.78. The lowest BCUT2D eigenvalue weighted by molar-refractivity contribution is -0.116. The van der Waals surface area contributed by atoms with Crippen molar-refractivity contribution < 1.29 is 14.3 Å². The molecule has 0 saturated carbocycles. The number of hydrogen-bond acceptors (Lipinski definition) is 4. The average Bonchev–Trinajstić information content (AvgIpc) is 2.77. The van der Waals surface area contributed by atoms with Crippen molar-refractivity contribution in [2.75, 3.05) is 17.7 Å². The van der Waals surface area contributed by atoms with Gasteiger partial charge in [-0.25, -0.2) is 0 Å². The molecule has 0 aromatic heterocycles. The van der Waals surface area contributed by atoms with Crippen molar-refractivity contribution in [1.82, 2.24) is 0 Å². The Morgan fingerprint density at radius 2 is 1.48 bits per heavy atom. The zero-order valence-electron chi connectivity index (χ0n) is 17.2. The van der Waals surface area contributed by atoms with Crippen molar-refractivity contribution in [3.8, 4) is 5.75 Å². The van der Waals surface area contributed by atoms with Gasteiger partial charge in [-0.1, -0.05) is 23.7 Å². The molecule has 0 radical (unpaired) electrons. The summed E-state index contributed by atoms with van der Waals surface area (Å²) in [6.45, 7) is 1.85. The topological polar surface area (TPSA) is 67.4 Å². The Morgan fingerprint density at radius 3 is 2.10 bits per heavy atom. The summed E-state index contributed by atoms with van der Waals surface area (Å²) in [5.74, 6) is 0.547. The van der Waals surface area contributed by atoms with Gasteiger partial charge in [0, 0.05) is 21.3 Å². The van der Waals surface area contributed by atoms with E-state index in [1.807, 2.05) is 43.3 Å². The summed E-state index contributed by atoms with van der Waals surface area (Å²) in [5.41, 5.74) is 2.32. The Balaban J connectivity index is 1.50. The minimum absolute atomic E-state index is 0.0875. The van der Waals surface area contributed by atoms with E-state index < -0.39 is 0 Å². The van der Waals surface area contributed by atoms with Crippen molar-refractivity contribution in [3.05, 3.63) is 83.4 Å². The van der Waals surface area contributed by atoms with Crippen molar-refractivity contribution in [2.24, 2.45) is 0 Å². The highest BCUT2D eigenvalue weighted by Crippen LogP contribution is 2.26. The molecule has 0 aliphatic carbocycles. The predicted octanol–water partition coefficient (Wildman–Crippen LogP) is 5.65. The number of halogens is 1. The Hall–Kier alpha value is -2.96. The van der Waals surface area contributed by atoms with Crippen molar-refractivity contribution in [3.63, 3.8) is 0 Å². The first-order valence-corrected chi connectivity index (χ1v) is 10.9. The molecule has 2 amide bonds. The molecule has 1 unspecified atom stereocenters. The number of methoxy groups -OCH3 is 1. The van der Waals surface area contributed by atoms with Crippen LogP contribution in [0.3, 0.4) is 0 Å². The molecule has 3 aromatic rings. The molecule has 31 heavy (non-hydrogen) atoms. The van der Waals surface area contributed by atoms with Crippen LogP contribution in [0.1, 0.15) is 12.5 Å². The van der Waals surface area contributed by atoms with Gasteiger partial charge in [0.1, 0.15) is 5.75 Å². The van der Waals surface area contributed by atoms with E-state index in [1.54, 1.807) is 43.5 Å². The molecular formula is C24H23ClN2O3S. The number of carbonyl (C=O) groups excluding carboxylic acids is 2. The SMILES string of the molecule is COc1ccc(NC(=O)C(C)Sc2ccc(NC(=O)Cc3ccc(Cl)cc3)cc2)cc1. The van der Waals surface area contributed by atoms with Crippen LogP contribution in [0, 0.1) is 0 Å². The van der Waals surface area contributed by atoms with Crippen molar-refractivity contribution in [2.45, 2.75) is 23.5 Å². The lowest BCUT2D eigenvalue weighted by atomic mass is 10.1. The molecule has 0 heterocycles. The summed E-state index contributed by atoms with van der Waals surface area (Å²) >= 11 is 7.32. The Kier molecular flexibility index (Phi) is 7.98. The number of amides is 2. The number of carbonyl (C=O) groups is 2. The zero-order valence-corrected chi connectivity index (χ0v) is 18.8. The smallest absolute Gasteiger partial charge is 0.237 e. The van der Waals surface area contributed by atoms with E-state index in [0.717, 1.165) is 21.9 Å². The fourth-order valence-electron chi connectivity index (χ4n) is 2.79. The first-order valence-electron chi connectivity index (χ1n) is 9.69. The van der Waals surface area contributed by atoms with Crippen LogP contribution in [0.5, 0.6) is 5.75 Å². The molecule has 0 spiro atoms. The number of thioether (sulfide) groups is 1. The summed E-state index contributed by atoms with van der Waals surface area (Å²) in [6, 6.07) is 21.8. The third kappa shape index (κ3) is 7.05. The third-order valence-corrected chi connectivity index (χ3v) is 5.82. The van der Waals surface area contributed by atoms with Crippen LogP contribution in [0.25, 0.3) is 0 Å². The van der Waals surface area contributed by atoms with Gasteiger partial charge in [-0.3, -0.25) is 9.59 Å². The molecule has 7 heteroatoms. The molecule has 160 valence electrons. The standard InChI is InChI=1S/C24H23ClN2O3S/c1-16(24(29)27-20-7-11-21(30-2)12-8-20)31-22-13-9-19(10-14-22)26-23(28)15-17-3-5-18(25)6-4-17/h3-14,16H,15H2,1-2H3,(H,26,28)(H,27,29). The van der Waals surface area contributed by atoms with Gasteiger partial charge in [0.25, 0.3) is 0 Å². The van der Waals surface area contributed by atoms with Gasteiger partial charge in [-0.2, -0.15) is 0 Å². The first kappa shape index (κ1) is 22.7. The molecular weight excluding hydrogens is 432 g/mol. The van der Waals surface area contributed by atoms with Crippen LogP contribution in [0.15, 0.2) is 77.7 Å². The highest BCUT2D eigenvalue weighted by Gasteiger charge is 2.15. The predicted molar refractivity (Wildman–Crippen MR) is 127 cm³/mol. The summed E-state index contributed by atoms with van der Waals surface area (Å²) < 4.78 is 5.12. The molecule has 5 nitrogen and oxygen atoms in total. The van der Waals surface area contributed by atoms with Gasteiger partial charge in [0.2, 0.25) is 11.8 Å². The monoisotopic (exact) mass is 454 g/mol. The van der Waals surface area contributed by atoms with E-state index >= 15 is 0 Å². The quantitative estimate of drug-likeness (QED) is 0.431. The second kappa shape index (κ2) is 10.9. The Bertz CT molecular complexity index is 1020. The van der Waals surface area contributed by atoms with E-state index in [-0.39, 0.29) is 23.5 Å². The number of benzene rings is 3. The number of hydrogen-bond donors (Lipinski definition) is 2. The number of ether oxygens (including phenoxy) is 1. The van der Waals surface area contributed by atoms with E-state index in [1.165, 1.54) is 11.8 Å². The Morgan fingerprint density at radius 1 is 0.903 bits per heavy atom. The van der Waals surface area contributed by atoms with Crippen LogP contribution >= 0.6 is 23.4 Å². The molecule has 0 fully saturated rings. The van der Waals surface area contributed by atoms with E-state index in [4.69, 9.17) is 16.3 Å². The molecule has 2 N–H and O–H groups in total. The molecule has 3 aromatic carbocycles. The van der Waals surface area contributed by atoms with Gasteiger partial charge >= 0.3 is 0 Å². The lowest BCUT2D eigenvalue weighted by Gasteiger charge is -2.13. The molecule has 3 rings (SSSR count). The van der Waals surface area contributed by atoms with Crippen LogP contribution < -0.4 is 15.4 Å². The molecule has 1 atom stereocenters. The van der Waals surface area contributed by atoms with Crippen LogP contribution in [-0.4, -0.2) is 24.2 Å². The maximum Gasteiger partial charge on any atom is 0.237 e. The minimum Gasteiger partial charge on any atom is -0.497 e. The molecule has 0 aliphatic rings. The van der Waals surface area contributed by atoms with Crippen molar-refractivity contribution >= 4 is 46.6 Å². The normalized spacial score (nSPS) is 11.5. The first-order chi connectivity index (χ1) is 14.9. The fraction of sp³-hybridized carbons (Fsp3) is 0.167. The van der Waals surface area contributed by atoms with E-state index in [0.29, 0.717) is 10.7 Å². The Labute approximate surface area is 191 Å². The van der Waals surface area contributed by atoms with Crippen molar-refractivity contribution in [1.29, 1.82) is 0 Å². The van der Waals surface area contributed by atoms with Gasteiger partial charge in [0.15, 0.2) is 0 Å². The summed E-state index contributed by atoms with van der Waals surface area (Å²) in [6.07, 6.45) is 0.274. The van der Waals surface area contributed by atoms with Crippen LogP contribution in [0.2, 0.25) is 5.02 Å². The molecule has 0 bridgehead atoms. The van der Waals surface area contributed by atoms with Crippen LogP contribution in [0.4, 0.5) is 11.4 Å². The molecule has 0 aliphatic heterocycles. The van der Waals surface area contributed by atoms with Gasteiger partial charge < -0.3 is 15.4 Å². The lowest BCUT2D eigenvalue weighted by Crippen LogP contribution is -2.22. The zero-order chi connectivity index (χ0) is 22.2. The molecule has 0 saturated heterocycles. The maximum absolute atomic E-state index is 12.4. The average molecular weight is 455 g/mol. The number of anilines is 2. The second-order valence-electron chi connectivity index (χ2n) is 6.85. The van der Waals surface area contributed by atoms with Crippen LogP contribution in [-0.2, 0) is 16.0 Å². The summed E-state index contributed by atoms with van der Waals surface area (Å²) in [5, 5.41) is 6.13. The summed E-state index contributed by atoms with van der Waals surface area (Å²) in [4.78, 5) is 25.6. The highest BCUT2D eigenvalue weighted by molar-refractivity contribution is 8.00. The second-order valence-corrected chi connectivity index (χ2v) is 8.70. The highest BCUT2D eigenvalue weighted by atomic mass is 35.5. The third-order valence-electron chi connectivity index (χ3n) is 4.46. The van der Waals surface area contributed by atoms with Gasteiger partial charge in [0.05, 0.1) is 18.8 Å². The van der Waals surface area contributed by atoms with Gasteiger partial charge in [-0.05, 0) is 73.2 Å². The van der Waals surface area contributed by atoms with Gasteiger partial charge in [-0.15, -0.1) is 11.8 Å². The van der Waals surface area contributed by atoms with E-state index in [2.05, 4.69) is 10.6 Å². The largest absolute Gasteiger partial charge is 0.497 e.